The Morgan fingerprint density at radius 3 is 2.53 bits per heavy atom. The minimum absolute atomic E-state index is 0.303. The molecule has 1 aromatic carbocycles. The van der Waals surface area contributed by atoms with Gasteiger partial charge in [-0.2, -0.15) is 0 Å². The average molecular weight is 279 g/mol. The number of aliphatic carboxylic acids is 1. The van der Waals surface area contributed by atoms with Crippen LogP contribution in [-0.4, -0.2) is 11.1 Å². The number of carboxylic acid groups (broad SMARTS) is 1. The van der Waals surface area contributed by atoms with E-state index in [9.17, 15) is 4.79 Å². The summed E-state index contributed by atoms with van der Waals surface area (Å²) in [5, 5.41) is 9.82. The Labute approximate surface area is 119 Å². The first-order valence-electron chi connectivity index (χ1n) is 6.83. The van der Waals surface area contributed by atoms with E-state index >= 15 is 0 Å². The number of halogens is 1. The van der Waals surface area contributed by atoms with Gasteiger partial charge in [0.1, 0.15) is 0 Å². The van der Waals surface area contributed by atoms with E-state index in [1.165, 1.54) is 37.7 Å². The molecule has 102 valence electrons. The van der Waals surface area contributed by atoms with Gasteiger partial charge in [-0.1, -0.05) is 49.1 Å². The predicted molar refractivity (Wildman–Crippen MR) is 78.6 cm³/mol. The van der Waals surface area contributed by atoms with Crippen LogP contribution in [0.25, 0.3) is 5.57 Å². The number of carbonyl (C=O) groups is 1. The van der Waals surface area contributed by atoms with Crippen molar-refractivity contribution in [1.82, 2.24) is 0 Å². The van der Waals surface area contributed by atoms with Crippen LogP contribution in [0.15, 0.2) is 24.3 Å². The van der Waals surface area contributed by atoms with E-state index in [2.05, 4.69) is 0 Å². The number of carboxylic acids is 1. The lowest BCUT2D eigenvalue weighted by Crippen LogP contribution is -2.06. The maximum Gasteiger partial charge on any atom is 0.335 e. The van der Waals surface area contributed by atoms with Crippen LogP contribution in [0.2, 0.25) is 5.02 Å². The Morgan fingerprint density at radius 2 is 2.00 bits per heavy atom. The second-order valence-corrected chi connectivity index (χ2v) is 5.49. The summed E-state index contributed by atoms with van der Waals surface area (Å²) in [6.07, 6.45) is 7.82. The quantitative estimate of drug-likeness (QED) is 0.801. The van der Waals surface area contributed by atoms with E-state index in [0.29, 0.717) is 22.1 Å². The summed E-state index contributed by atoms with van der Waals surface area (Å²) >= 11 is 6.35. The smallest absolute Gasteiger partial charge is 0.335 e. The standard InChI is InChI=1S/C16H19ClO2/c1-2-13(16(18)19)12-8-9-14(15(17)10-12)11-6-4-3-5-7-11/h2,8-11H,3-7H2,1H3,(H,18,19). The Bertz CT molecular complexity index is 499. The minimum atomic E-state index is -0.913. The number of allylic oxidation sites excluding steroid dienone is 1. The van der Waals surface area contributed by atoms with Gasteiger partial charge >= 0.3 is 5.97 Å². The van der Waals surface area contributed by atoms with Crippen LogP contribution in [0.1, 0.15) is 56.1 Å². The molecule has 0 aliphatic heterocycles. The highest BCUT2D eigenvalue weighted by molar-refractivity contribution is 6.32. The molecule has 1 aliphatic carbocycles. The largest absolute Gasteiger partial charge is 0.478 e. The molecule has 1 aliphatic rings. The fraction of sp³-hybridized carbons (Fsp3) is 0.438. The normalized spacial score (nSPS) is 17.5. The first-order chi connectivity index (χ1) is 9.13. The Balaban J connectivity index is 2.28. The second kappa shape index (κ2) is 6.25. The summed E-state index contributed by atoms with van der Waals surface area (Å²) in [4.78, 5) is 11.1. The molecular weight excluding hydrogens is 260 g/mol. The summed E-state index contributed by atoms with van der Waals surface area (Å²) < 4.78 is 0. The molecule has 19 heavy (non-hydrogen) atoms. The van der Waals surface area contributed by atoms with E-state index in [-0.39, 0.29) is 0 Å². The number of benzene rings is 1. The topological polar surface area (TPSA) is 37.3 Å². The van der Waals surface area contributed by atoms with Gasteiger partial charge in [0.2, 0.25) is 0 Å². The van der Waals surface area contributed by atoms with Crippen molar-refractivity contribution in [2.24, 2.45) is 0 Å². The van der Waals surface area contributed by atoms with E-state index in [0.717, 1.165) is 0 Å². The van der Waals surface area contributed by atoms with E-state index in [4.69, 9.17) is 16.7 Å². The molecule has 0 bridgehead atoms. The van der Waals surface area contributed by atoms with Crippen LogP contribution in [-0.2, 0) is 4.79 Å². The highest BCUT2D eigenvalue weighted by Crippen LogP contribution is 2.37. The van der Waals surface area contributed by atoms with Crippen molar-refractivity contribution in [2.75, 3.05) is 0 Å². The molecular formula is C16H19ClO2. The van der Waals surface area contributed by atoms with E-state index in [1.54, 1.807) is 19.1 Å². The Hall–Kier alpha value is -1.28. The van der Waals surface area contributed by atoms with E-state index in [1.807, 2.05) is 12.1 Å². The SMILES string of the molecule is CC=C(C(=O)O)c1ccc(C2CCCCC2)c(Cl)c1. The molecule has 0 amide bonds. The van der Waals surface area contributed by atoms with Crippen molar-refractivity contribution in [2.45, 2.75) is 44.9 Å². The van der Waals surface area contributed by atoms with Gasteiger partial charge in [-0.15, -0.1) is 0 Å². The van der Waals surface area contributed by atoms with Gasteiger partial charge < -0.3 is 5.11 Å². The molecule has 0 heterocycles. The van der Waals surface area contributed by atoms with Crippen LogP contribution in [0.4, 0.5) is 0 Å². The molecule has 1 fully saturated rings. The van der Waals surface area contributed by atoms with Crippen LogP contribution in [0.3, 0.4) is 0 Å². The van der Waals surface area contributed by atoms with Crippen molar-refractivity contribution in [3.05, 3.63) is 40.4 Å². The van der Waals surface area contributed by atoms with Crippen molar-refractivity contribution in [3.8, 4) is 0 Å². The summed E-state index contributed by atoms with van der Waals surface area (Å²) in [5.74, 6) is -0.377. The molecule has 3 heteroatoms. The second-order valence-electron chi connectivity index (χ2n) is 5.08. The number of hydrogen-bond donors (Lipinski definition) is 1. The third-order valence-electron chi connectivity index (χ3n) is 3.88. The Morgan fingerprint density at radius 1 is 1.32 bits per heavy atom. The monoisotopic (exact) mass is 278 g/mol. The zero-order valence-corrected chi connectivity index (χ0v) is 11.9. The van der Waals surface area contributed by atoms with E-state index < -0.39 is 5.97 Å². The fourth-order valence-electron chi connectivity index (χ4n) is 2.85. The third kappa shape index (κ3) is 3.19. The van der Waals surface area contributed by atoms with Gasteiger partial charge in [0, 0.05) is 5.02 Å². The molecule has 0 radical (unpaired) electrons. The molecule has 0 aromatic heterocycles. The molecule has 2 nitrogen and oxygen atoms in total. The lowest BCUT2D eigenvalue weighted by Gasteiger charge is -2.23. The van der Waals surface area contributed by atoms with Crippen molar-refractivity contribution >= 4 is 23.1 Å². The molecule has 0 spiro atoms. The van der Waals surface area contributed by atoms with Gasteiger partial charge in [-0.25, -0.2) is 4.79 Å². The number of hydrogen-bond acceptors (Lipinski definition) is 1. The molecule has 0 unspecified atom stereocenters. The number of rotatable bonds is 3. The van der Waals surface area contributed by atoms with Gasteiger partial charge in [-0.05, 0) is 42.9 Å². The van der Waals surface area contributed by atoms with Crippen molar-refractivity contribution < 1.29 is 9.90 Å². The minimum Gasteiger partial charge on any atom is -0.478 e. The molecule has 0 saturated heterocycles. The zero-order chi connectivity index (χ0) is 13.8. The maximum absolute atomic E-state index is 11.1. The Kier molecular flexibility index (Phi) is 4.65. The van der Waals surface area contributed by atoms with Gasteiger partial charge in [-0.3, -0.25) is 0 Å². The lowest BCUT2D eigenvalue weighted by atomic mass is 9.83. The summed E-state index contributed by atoms with van der Waals surface area (Å²) in [6, 6.07) is 5.66. The van der Waals surface area contributed by atoms with Gasteiger partial charge in [0.15, 0.2) is 0 Å². The first-order valence-corrected chi connectivity index (χ1v) is 7.20. The van der Waals surface area contributed by atoms with Crippen LogP contribution in [0.5, 0.6) is 0 Å². The molecule has 1 saturated carbocycles. The molecule has 2 rings (SSSR count). The first kappa shape index (κ1) is 14.1. The lowest BCUT2D eigenvalue weighted by molar-refractivity contribution is -0.130. The highest BCUT2D eigenvalue weighted by atomic mass is 35.5. The zero-order valence-electron chi connectivity index (χ0n) is 11.2. The van der Waals surface area contributed by atoms with Crippen molar-refractivity contribution in [3.63, 3.8) is 0 Å². The summed E-state index contributed by atoms with van der Waals surface area (Å²) in [7, 11) is 0. The maximum atomic E-state index is 11.1. The average Bonchev–Trinajstić information content (AvgIpc) is 2.40. The van der Waals surface area contributed by atoms with Crippen LogP contribution in [0, 0.1) is 0 Å². The van der Waals surface area contributed by atoms with Crippen molar-refractivity contribution in [1.29, 1.82) is 0 Å². The highest BCUT2D eigenvalue weighted by Gasteiger charge is 2.19. The molecule has 1 N–H and O–H groups in total. The van der Waals surface area contributed by atoms with Gasteiger partial charge in [0.25, 0.3) is 0 Å². The van der Waals surface area contributed by atoms with Gasteiger partial charge in [0.05, 0.1) is 5.57 Å². The molecule has 1 aromatic rings. The van der Waals surface area contributed by atoms with Crippen LogP contribution >= 0.6 is 11.6 Å². The summed E-state index contributed by atoms with van der Waals surface area (Å²) in [5.41, 5.74) is 2.16. The fourth-order valence-corrected chi connectivity index (χ4v) is 3.19. The predicted octanol–water partition coefficient (Wildman–Crippen LogP) is 4.88. The van der Waals surface area contributed by atoms with Crippen LogP contribution < -0.4 is 0 Å². The third-order valence-corrected chi connectivity index (χ3v) is 4.20. The molecule has 0 atom stereocenters. The summed E-state index contributed by atoms with van der Waals surface area (Å²) in [6.45, 7) is 1.73.